The van der Waals surface area contributed by atoms with Gasteiger partial charge in [0.15, 0.2) is 16.3 Å². The van der Waals surface area contributed by atoms with Gasteiger partial charge in [-0.2, -0.15) is 0 Å². The Morgan fingerprint density at radius 1 is 1.17 bits per heavy atom. The van der Waals surface area contributed by atoms with Crippen LogP contribution in [-0.2, 0) is 16.0 Å². The number of hydrogen-bond donors (Lipinski definition) is 0. The van der Waals surface area contributed by atoms with Crippen molar-refractivity contribution in [2.24, 2.45) is 0 Å². The van der Waals surface area contributed by atoms with Gasteiger partial charge in [0.2, 0.25) is 0 Å². The molecule has 7 heteroatoms. The Morgan fingerprint density at radius 3 is 2.35 bits per heavy atom. The third kappa shape index (κ3) is 5.75. The van der Waals surface area contributed by atoms with Crippen molar-refractivity contribution in [3.8, 4) is 11.5 Å². The fraction of sp³-hybridized carbons (Fsp3) is 0.562. The Morgan fingerprint density at radius 2 is 1.83 bits per heavy atom. The summed E-state index contributed by atoms with van der Waals surface area (Å²) in [5.41, 5.74) is 1.02. The molecule has 0 N–H and O–H groups in total. The van der Waals surface area contributed by atoms with E-state index >= 15 is 0 Å². The quantitative estimate of drug-likeness (QED) is 0.633. The lowest BCUT2D eigenvalue weighted by Gasteiger charge is -2.29. The number of methoxy groups -OCH3 is 3. The van der Waals surface area contributed by atoms with E-state index in [0.29, 0.717) is 31.1 Å². The maximum absolute atomic E-state index is 12.2. The highest BCUT2D eigenvalue weighted by Gasteiger charge is 2.24. The highest BCUT2D eigenvalue weighted by Crippen LogP contribution is 2.27. The second-order valence-corrected chi connectivity index (χ2v) is 6.17. The highest BCUT2D eigenvalue weighted by molar-refractivity contribution is 6.53. The monoisotopic (exact) mass is 363 g/mol. The fourth-order valence-electron chi connectivity index (χ4n) is 2.29. The normalized spacial score (nSPS) is 12.1. The van der Waals surface area contributed by atoms with Crippen molar-refractivity contribution in [2.45, 2.75) is 24.2 Å². The molecule has 0 bridgehead atoms. The van der Waals surface area contributed by atoms with Gasteiger partial charge in [0.25, 0.3) is 5.91 Å². The number of amides is 1. The van der Waals surface area contributed by atoms with E-state index in [1.54, 1.807) is 26.2 Å². The van der Waals surface area contributed by atoms with E-state index in [4.69, 9.17) is 37.4 Å². The van der Waals surface area contributed by atoms with Crippen LogP contribution in [0.3, 0.4) is 0 Å². The molecule has 0 fully saturated rings. The minimum atomic E-state index is -1.08. The molecule has 0 saturated carbocycles. The summed E-state index contributed by atoms with van der Waals surface area (Å²) in [7, 11) is 4.77. The van der Waals surface area contributed by atoms with Crippen LogP contribution in [0.25, 0.3) is 0 Å². The van der Waals surface area contributed by atoms with Crippen molar-refractivity contribution in [3.05, 3.63) is 23.8 Å². The van der Waals surface area contributed by atoms with Gasteiger partial charge in [0.05, 0.1) is 26.9 Å². The molecule has 0 heterocycles. The fourth-order valence-corrected chi connectivity index (χ4v) is 2.54. The number of halogens is 2. The predicted octanol–water partition coefficient (Wildman–Crippen LogP) is 2.91. The van der Waals surface area contributed by atoms with Gasteiger partial charge < -0.3 is 19.1 Å². The standard InChI is InChI=1S/C16H23Cl2NO4/c1-11(10-21-2)19(16(20)15(17)18)8-7-12-5-6-13(22-3)14(9-12)23-4/h5-6,9,11,15H,7-8,10H2,1-4H3. The van der Waals surface area contributed by atoms with Crippen LogP contribution in [0.2, 0.25) is 0 Å². The van der Waals surface area contributed by atoms with Crippen LogP contribution in [-0.4, -0.2) is 56.2 Å². The molecule has 0 saturated heterocycles. The van der Waals surface area contributed by atoms with E-state index < -0.39 is 4.84 Å². The molecule has 1 rings (SSSR count). The Hall–Kier alpha value is -1.17. The summed E-state index contributed by atoms with van der Waals surface area (Å²) in [6, 6.07) is 5.54. The van der Waals surface area contributed by atoms with Crippen molar-refractivity contribution >= 4 is 29.1 Å². The molecule has 130 valence electrons. The largest absolute Gasteiger partial charge is 0.493 e. The highest BCUT2D eigenvalue weighted by atomic mass is 35.5. The van der Waals surface area contributed by atoms with Crippen molar-refractivity contribution in [3.63, 3.8) is 0 Å². The van der Waals surface area contributed by atoms with Gasteiger partial charge in [-0.05, 0) is 31.0 Å². The molecule has 0 aliphatic heterocycles. The van der Waals surface area contributed by atoms with Crippen LogP contribution in [0, 0.1) is 0 Å². The number of benzene rings is 1. The van der Waals surface area contributed by atoms with Crippen LogP contribution in [0.5, 0.6) is 11.5 Å². The lowest BCUT2D eigenvalue weighted by Crippen LogP contribution is -2.44. The van der Waals surface area contributed by atoms with Crippen LogP contribution < -0.4 is 9.47 Å². The minimum absolute atomic E-state index is 0.118. The molecular formula is C16H23Cl2NO4. The average Bonchev–Trinajstić information content (AvgIpc) is 2.54. The molecule has 1 amide bonds. The summed E-state index contributed by atoms with van der Waals surface area (Å²) in [6.45, 7) is 2.79. The number of carbonyl (C=O) groups excluding carboxylic acids is 1. The first-order chi connectivity index (χ1) is 10.9. The van der Waals surface area contributed by atoms with Crippen molar-refractivity contribution < 1.29 is 19.0 Å². The molecule has 1 atom stereocenters. The SMILES string of the molecule is COCC(C)N(CCc1ccc(OC)c(OC)c1)C(=O)C(Cl)Cl. The summed E-state index contributed by atoms with van der Waals surface area (Å²) in [5.74, 6) is 0.997. The van der Waals surface area contributed by atoms with Gasteiger partial charge in [0.1, 0.15) is 0 Å². The molecule has 23 heavy (non-hydrogen) atoms. The Kier molecular flexibility index (Phi) is 8.52. The molecule has 0 spiro atoms. The van der Waals surface area contributed by atoms with E-state index in [0.717, 1.165) is 5.56 Å². The maximum Gasteiger partial charge on any atom is 0.256 e. The third-order valence-corrected chi connectivity index (χ3v) is 3.87. The Balaban J connectivity index is 2.83. The lowest BCUT2D eigenvalue weighted by atomic mass is 10.1. The van der Waals surface area contributed by atoms with E-state index in [9.17, 15) is 4.79 Å². The second-order valence-electron chi connectivity index (χ2n) is 5.08. The van der Waals surface area contributed by atoms with Gasteiger partial charge in [-0.15, -0.1) is 0 Å². The molecule has 0 radical (unpaired) electrons. The molecule has 1 unspecified atom stereocenters. The predicted molar refractivity (Wildman–Crippen MR) is 91.8 cm³/mol. The number of nitrogens with zero attached hydrogens (tertiary/aromatic N) is 1. The van der Waals surface area contributed by atoms with Crippen LogP contribution in [0.1, 0.15) is 12.5 Å². The molecule has 5 nitrogen and oxygen atoms in total. The second kappa shape index (κ2) is 9.85. The van der Waals surface area contributed by atoms with Gasteiger partial charge in [-0.1, -0.05) is 29.3 Å². The smallest absolute Gasteiger partial charge is 0.256 e. The van der Waals surface area contributed by atoms with E-state index in [1.807, 2.05) is 25.1 Å². The van der Waals surface area contributed by atoms with Crippen molar-refractivity contribution in [1.82, 2.24) is 4.90 Å². The number of rotatable bonds is 9. The average molecular weight is 364 g/mol. The van der Waals surface area contributed by atoms with Gasteiger partial charge in [-0.25, -0.2) is 0 Å². The van der Waals surface area contributed by atoms with Crippen LogP contribution in [0.15, 0.2) is 18.2 Å². The van der Waals surface area contributed by atoms with Crippen LogP contribution in [0.4, 0.5) is 0 Å². The van der Waals surface area contributed by atoms with Crippen molar-refractivity contribution in [2.75, 3.05) is 34.5 Å². The first-order valence-corrected chi connectivity index (χ1v) is 8.10. The Labute approximate surface area is 147 Å². The van der Waals surface area contributed by atoms with Gasteiger partial charge in [0, 0.05) is 13.7 Å². The molecule has 1 aromatic rings. The zero-order chi connectivity index (χ0) is 17.4. The van der Waals surface area contributed by atoms with Gasteiger partial charge >= 0.3 is 0 Å². The summed E-state index contributed by atoms with van der Waals surface area (Å²) < 4.78 is 15.6. The summed E-state index contributed by atoms with van der Waals surface area (Å²) in [5, 5.41) is 0. The molecule has 1 aromatic carbocycles. The van der Waals surface area contributed by atoms with E-state index in [2.05, 4.69) is 0 Å². The number of ether oxygens (including phenoxy) is 3. The van der Waals surface area contributed by atoms with E-state index in [-0.39, 0.29) is 11.9 Å². The minimum Gasteiger partial charge on any atom is -0.493 e. The van der Waals surface area contributed by atoms with Crippen molar-refractivity contribution in [1.29, 1.82) is 0 Å². The zero-order valence-electron chi connectivity index (χ0n) is 13.8. The number of alkyl halides is 2. The number of hydrogen-bond acceptors (Lipinski definition) is 4. The summed E-state index contributed by atoms with van der Waals surface area (Å²) in [4.78, 5) is 12.7. The molecular weight excluding hydrogens is 341 g/mol. The molecule has 0 aromatic heterocycles. The van der Waals surface area contributed by atoms with Gasteiger partial charge in [-0.3, -0.25) is 4.79 Å². The first kappa shape index (κ1) is 19.9. The summed E-state index contributed by atoms with van der Waals surface area (Å²) in [6.07, 6.45) is 0.640. The molecule has 0 aliphatic carbocycles. The third-order valence-electron chi connectivity index (χ3n) is 3.50. The molecule has 0 aliphatic rings. The topological polar surface area (TPSA) is 48.0 Å². The Bertz CT molecular complexity index is 511. The maximum atomic E-state index is 12.2. The summed E-state index contributed by atoms with van der Waals surface area (Å²) >= 11 is 11.5. The van der Waals surface area contributed by atoms with Crippen LogP contribution >= 0.6 is 23.2 Å². The number of carbonyl (C=O) groups is 1. The van der Waals surface area contributed by atoms with E-state index in [1.165, 1.54) is 0 Å². The lowest BCUT2D eigenvalue weighted by molar-refractivity contribution is -0.132. The first-order valence-electron chi connectivity index (χ1n) is 7.23. The zero-order valence-corrected chi connectivity index (χ0v) is 15.4.